The van der Waals surface area contributed by atoms with Gasteiger partial charge < -0.3 is 5.73 Å². The zero-order chi connectivity index (χ0) is 13.5. The molecular weight excluding hydrogens is 252 g/mol. The first-order chi connectivity index (χ1) is 9.07. The van der Waals surface area contributed by atoms with Gasteiger partial charge in [0.15, 0.2) is 0 Å². The predicted octanol–water partition coefficient (Wildman–Crippen LogP) is 3.83. The van der Waals surface area contributed by atoms with Crippen LogP contribution in [0.1, 0.15) is 23.1 Å². The van der Waals surface area contributed by atoms with Crippen LogP contribution in [0.2, 0.25) is 0 Å². The Kier molecular flexibility index (Phi) is 2.88. The average Bonchev–Trinajstić information content (AvgIpc) is 2.83. The fourth-order valence-electron chi connectivity index (χ4n) is 2.16. The van der Waals surface area contributed by atoms with Crippen molar-refractivity contribution >= 4 is 21.6 Å². The Bertz CT molecular complexity index is 714. The number of thiazole rings is 1. The van der Waals surface area contributed by atoms with E-state index in [0.717, 1.165) is 16.1 Å². The first-order valence-electron chi connectivity index (χ1n) is 6.29. The van der Waals surface area contributed by atoms with E-state index in [1.807, 2.05) is 25.1 Å². The third-order valence-electron chi connectivity index (χ3n) is 3.36. The second kappa shape index (κ2) is 4.44. The van der Waals surface area contributed by atoms with Crippen LogP contribution in [0, 0.1) is 6.92 Å². The maximum Gasteiger partial charge on any atom is 0.118 e. The zero-order valence-corrected chi connectivity index (χ0v) is 11.9. The second-order valence-corrected chi connectivity index (χ2v) is 6.09. The number of nitrogens with zero attached hydrogens (tertiary/aromatic N) is 1. The van der Waals surface area contributed by atoms with E-state index in [2.05, 4.69) is 37.3 Å². The Hall–Kier alpha value is -1.71. The molecule has 2 nitrogen and oxygen atoms in total. The summed E-state index contributed by atoms with van der Waals surface area (Å²) in [6, 6.07) is 16.4. The minimum atomic E-state index is -0.543. The van der Waals surface area contributed by atoms with Gasteiger partial charge in [0.05, 0.1) is 15.8 Å². The van der Waals surface area contributed by atoms with Crippen molar-refractivity contribution in [2.24, 2.45) is 5.73 Å². The lowest BCUT2D eigenvalue weighted by molar-refractivity contribution is 0.600. The van der Waals surface area contributed by atoms with Crippen molar-refractivity contribution in [3.05, 3.63) is 64.7 Å². The molecule has 0 amide bonds. The number of aromatic nitrogens is 1. The third-order valence-corrected chi connectivity index (χ3v) is 4.62. The molecule has 0 aliphatic carbocycles. The lowest BCUT2D eigenvalue weighted by Crippen LogP contribution is -2.34. The summed E-state index contributed by atoms with van der Waals surface area (Å²) in [5.41, 5.74) is 9.33. The van der Waals surface area contributed by atoms with Crippen LogP contribution in [0.5, 0.6) is 0 Å². The van der Waals surface area contributed by atoms with Gasteiger partial charge in [0.2, 0.25) is 0 Å². The molecule has 1 unspecified atom stereocenters. The van der Waals surface area contributed by atoms with E-state index < -0.39 is 5.54 Å². The van der Waals surface area contributed by atoms with Gasteiger partial charge in [0, 0.05) is 0 Å². The number of rotatable bonds is 2. The van der Waals surface area contributed by atoms with Crippen molar-refractivity contribution in [1.29, 1.82) is 0 Å². The quantitative estimate of drug-likeness (QED) is 0.767. The van der Waals surface area contributed by atoms with Gasteiger partial charge in [-0.2, -0.15) is 0 Å². The highest BCUT2D eigenvalue weighted by molar-refractivity contribution is 7.18. The molecular formula is C16H16N2S. The minimum absolute atomic E-state index is 0.543. The summed E-state index contributed by atoms with van der Waals surface area (Å²) in [6.07, 6.45) is 0. The molecule has 0 aliphatic rings. The largest absolute Gasteiger partial charge is 0.316 e. The first kappa shape index (κ1) is 12.3. The number of nitrogens with two attached hydrogens (primary N) is 1. The molecule has 3 aromatic rings. The van der Waals surface area contributed by atoms with Crippen LogP contribution < -0.4 is 5.73 Å². The molecule has 1 aromatic heterocycles. The minimum Gasteiger partial charge on any atom is -0.316 e. The summed E-state index contributed by atoms with van der Waals surface area (Å²) in [5.74, 6) is 0. The molecule has 0 spiro atoms. The van der Waals surface area contributed by atoms with Crippen molar-refractivity contribution in [3.8, 4) is 0 Å². The summed E-state index contributed by atoms with van der Waals surface area (Å²) >= 11 is 1.68. The van der Waals surface area contributed by atoms with E-state index in [-0.39, 0.29) is 0 Å². The van der Waals surface area contributed by atoms with Crippen LogP contribution in [-0.2, 0) is 5.54 Å². The van der Waals surface area contributed by atoms with E-state index in [4.69, 9.17) is 10.7 Å². The molecule has 3 rings (SSSR count). The summed E-state index contributed by atoms with van der Waals surface area (Å²) in [4.78, 5) is 4.70. The van der Waals surface area contributed by atoms with Crippen LogP contribution in [0.15, 0.2) is 48.5 Å². The Morgan fingerprint density at radius 3 is 2.58 bits per heavy atom. The first-order valence-corrected chi connectivity index (χ1v) is 7.11. The van der Waals surface area contributed by atoms with Crippen molar-refractivity contribution in [1.82, 2.24) is 4.98 Å². The number of hydrogen-bond donors (Lipinski definition) is 1. The number of benzene rings is 2. The predicted molar refractivity (Wildman–Crippen MR) is 81.4 cm³/mol. The van der Waals surface area contributed by atoms with Crippen LogP contribution in [0.4, 0.5) is 0 Å². The van der Waals surface area contributed by atoms with Gasteiger partial charge in [-0.3, -0.25) is 0 Å². The number of aryl methyl sites for hydroxylation is 1. The Morgan fingerprint density at radius 1 is 1.11 bits per heavy atom. The molecule has 0 fully saturated rings. The average molecular weight is 268 g/mol. The van der Waals surface area contributed by atoms with Crippen molar-refractivity contribution in [3.63, 3.8) is 0 Å². The number of hydrogen-bond acceptors (Lipinski definition) is 3. The second-order valence-electron chi connectivity index (χ2n) is 5.06. The third kappa shape index (κ3) is 2.15. The van der Waals surface area contributed by atoms with Crippen LogP contribution in [0.3, 0.4) is 0 Å². The number of fused-ring (bicyclic) bond motifs is 1. The molecule has 1 heterocycles. The molecule has 3 heteroatoms. The van der Waals surface area contributed by atoms with Gasteiger partial charge >= 0.3 is 0 Å². The summed E-state index contributed by atoms with van der Waals surface area (Å²) in [5, 5.41) is 0.958. The molecule has 2 N–H and O–H groups in total. The monoisotopic (exact) mass is 268 g/mol. The van der Waals surface area contributed by atoms with E-state index in [9.17, 15) is 0 Å². The van der Waals surface area contributed by atoms with Gasteiger partial charge in [0.25, 0.3) is 0 Å². The Morgan fingerprint density at radius 2 is 1.84 bits per heavy atom. The Balaban J connectivity index is 2.13. The maximum atomic E-state index is 6.51. The topological polar surface area (TPSA) is 38.9 Å². The fraction of sp³-hybridized carbons (Fsp3) is 0.188. The summed E-state index contributed by atoms with van der Waals surface area (Å²) in [6.45, 7) is 4.12. The molecule has 0 bridgehead atoms. The van der Waals surface area contributed by atoms with Crippen LogP contribution in [-0.4, -0.2) is 4.98 Å². The fourth-order valence-corrected chi connectivity index (χ4v) is 3.31. The van der Waals surface area contributed by atoms with Gasteiger partial charge in [-0.1, -0.05) is 36.4 Å². The van der Waals surface area contributed by atoms with E-state index in [1.165, 1.54) is 10.3 Å². The molecule has 2 aromatic carbocycles. The Labute approximate surface area is 116 Å². The molecule has 96 valence electrons. The highest BCUT2D eigenvalue weighted by Gasteiger charge is 2.27. The zero-order valence-electron chi connectivity index (χ0n) is 11.1. The van der Waals surface area contributed by atoms with Crippen molar-refractivity contribution in [2.45, 2.75) is 19.4 Å². The summed E-state index contributed by atoms with van der Waals surface area (Å²) < 4.78 is 1.20. The van der Waals surface area contributed by atoms with Crippen molar-refractivity contribution < 1.29 is 0 Å². The molecule has 0 saturated carbocycles. The molecule has 0 radical (unpaired) electrons. The van der Waals surface area contributed by atoms with E-state index >= 15 is 0 Å². The highest BCUT2D eigenvalue weighted by Crippen LogP contribution is 2.33. The summed E-state index contributed by atoms with van der Waals surface area (Å²) in [7, 11) is 0. The SMILES string of the molecule is Cc1ccc2nc(C(C)(N)c3ccccc3)sc2c1. The lowest BCUT2D eigenvalue weighted by Gasteiger charge is -2.22. The van der Waals surface area contributed by atoms with Crippen LogP contribution >= 0.6 is 11.3 Å². The van der Waals surface area contributed by atoms with Gasteiger partial charge in [-0.05, 0) is 37.1 Å². The molecule has 19 heavy (non-hydrogen) atoms. The van der Waals surface area contributed by atoms with Crippen molar-refractivity contribution in [2.75, 3.05) is 0 Å². The lowest BCUT2D eigenvalue weighted by atomic mass is 9.94. The normalized spacial score (nSPS) is 14.5. The standard InChI is InChI=1S/C16H16N2S/c1-11-8-9-13-14(10-11)19-15(18-13)16(2,17)12-6-4-3-5-7-12/h3-10H,17H2,1-2H3. The molecule has 1 atom stereocenters. The highest BCUT2D eigenvalue weighted by atomic mass is 32.1. The van der Waals surface area contributed by atoms with E-state index in [0.29, 0.717) is 0 Å². The van der Waals surface area contributed by atoms with Gasteiger partial charge in [-0.25, -0.2) is 4.98 Å². The molecule has 0 saturated heterocycles. The van der Waals surface area contributed by atoms with E-state index in [1.54, 1.807) is 11.3 Å². The smallest absolute Gasteiger partial charge is 0.118 e. The van der Waals surface area contributed by atoms with Gasteiger partial charge in [0.1, 0.15) is 5.01 Å². The molecule has 0 aliphatic heterocycles. The van der Waals surface area contributed by atoms with Gasteiger partial charge in [-0.15, -0.1) is 11.3 Å². The maximum absolute atomic E-state index is 6.51. The van der Waals surface area contributed by atoms with Crippen LogP contribution in [0.25, 0.3) is 10.2 Å².